The number of nitrogens with zero attached hydrogens (tertiary/aromatic N) is 2. The van der Waals surface area contributed by atoms with Gasteiger partial charge < -0.3 is 5.32 Å². The van der Waals surface area contributed by atoms with Crippen LogP contribution >= 0.6 is 23.4 Å². The molecule has 2 aromatic rings. The van der Waals surface area contributed by atoms with Crippen LogP contribution < -0.4 is 10.9 Å². The van der Waals surface area contributed by atoms with E-state index in [1.807, 2.05) is 57.2 Å². The summed E-state index contributed by atoms with van der Waals surface area (Å²) in [5.74, 6) is 0. The van der Waals surface area contributed by atoms with E-state index in [1.165, 1.54) is 4.68 Å². The Morgan fingerprint density at radius 3 is 2.62 bits per heavy atom. The average Bonchev–Trinajstić information content (AvgIpc) is 3.00. The molecule has 6 heteroatoms. The quantitative estimate of drug-likeness (QED) is 0.714. The molecule has 1 aliphatic heterocycles. The second-order valence-corrected chi connectivity index (χ2v) is 8.01. The fourth-order valence-electron chi connectivity index (χ4n) is 2.61. The second kappa shape index (κ2) is 7.56. The van der Waals surface area contributed by atoms with Gasteiger partial charge in [-0.1, -0.05) is 53.7 Å². The third-order valence-electron chi connectivity index (χ3n) is 3.85. The number of allylic oxidation sites excluding steroid dienone is 5. The first-order chi connectivity index (χ1) is 12.4. The summed E-state index contributed by atoms with van der Waals surface area (Å²) in [5.41, 5.74) is 3.81. The van der Waals surface area contributed by atoms with E-state index in [1.54, 1.807) is 17.8 Å². The summed E-state index contributed by atoms with van der Waals surface area (Å²) in [6.07, 6.45) is 5.42. The highest BCUT2D eigenvalue weighted by Crippen LogP contribution is 2.41. The maximum absolute atomic E-state index is 13.0. The molecule has 0 saturated heterocycles. The van der Waals surface area contributed by atoms with E-state index in [0.29, 0.717) is 16.4 Å². The third-order valence-corrected chi connectivity index (χ3v) is 5.21. The Hall–Kier alpha value is -2.24. The van der Waals surface area contributed by atoms with Gasteiger partial charge in [0.1, 0.15) is 11.4 Å². The predicted octanol–water partition coefficient (Wildman–Crippen LogP) is 5.42. The van der Waals surface area contributed by atoms with Crippen molar-refractivity contribution in [2.24, 2.45) is 0 Å². The minimum Gasteiger partial charge on any atom is -0.368 e. The Morgan fingerprint density at radius 1 is 1.31 bits per heavy atom. The van der Waals surface area contributed by atoms with Gasteiger partial charge in [-0.15, -0.1) is 0 Å². The van der Waals surface area contributed by atoms with Crippen LogP contribution in [0.1, 0.15) is 20.8 Å². The van der Waals surface area contributed by atoms with Crippen LogP contribution in [-0.4, -0.2) is 15.2 Å². The summed E-state index contributed by atoms with van der Waals surface area (Å²) in [7, 11) is 0. The van der Waals surface area contributed by atoms with Gasteiger partial charge in [0.05, 0.1) is 16.0 Å². The van der Waals surface area contributed by atoms with E-state index in [2.05, 4.69) is 17.0 Å². The minimum absolute atomic E-state index is 0.107. The Labute approximate surface area is 162 Å². The zero-order valence-corrected chi connectivity index (χ0v) is 16.5. The highest BCUT2D eigenvalue weighted by molar-refractivity contribution is 8.00. The second-order valence-electron chi connectivity index (χ2n) is 6.22. The first-order valence-corrected chi connectivity index (χ1v) is 9.51. The minimum atomic E-state index is -0.178. The van der Waals surface area contributed by atoms with E-state index in [-0.39, 0.29) is 10.9 Å². The zero-order chi connectivity index (χ0) is 18.8. The summed E-state index contributed by atoms with van der Waals surface area (Å²) in [6.45, 7) is 9.85. The van der Waals surface area contributed by atoms with Crippen LogP contribution in [0.3, 0.4) is 0 Å². The maximum Gasteiger partial charge on any atom is 0.296 e. The number of aromatic nitrogens is 2. The molecule has 0 spiro atoms. The van der Waals surface area contributed by atoms with Gasteiger partial charge >= 0.3 is 0 Å². The molecule has 26 heavy (non-hydrogen) atoms. The van der Waals surface area contributed by atoms with Crippen molar-refractivity contribution in [3.63, 3.8) is 0 Å². The molecule has 3 rings (SSSR count). The molecule has 0 radical (unpaired) electrons. The summed E-state index contributed by atoms with van der Waals surface area (Å²) in [6, 6.07) is 7.47. The number of rotatable bonds is 4. The molecule has 1 aromatic heterocycles. The fourth-order valence-corrected chi connectivity index (χ4v) is 3.80. The molecular weight excluding hydrogens is 366 g/mol. The molecule has 4 nitrogen and oxygen atoms in total. The van der Waals surface area contributed by atoms with E-state index >= 15 is 0 Å². The van der Waals surface area contributed by atoms with Crippen molar-refractivity contribution in [3.05, 3.63) is 70.0 Å². The molecule has 0 aliphatic carbocycles. The van der Waals surface area contributed by atoms with Crippen LogP contribution in [0.15, 0.2) is 64.3 Å². The Bertz CT molecular complexity index is 970. The number of hydrogen-bond donors (Lipinski definition) is 1. The number of thioether (sulfide) groups is 1. The lowest BCUT2D eigenvalue weighted by molar-refractivity contribution is 0.825. The number of fused-ring (bicyclic) bond motifs is 1. The molecule has 1 aliphatic rings. The first kappa shape index (κ1) is 18.5. The van der Waals surface area contributed by atoms with Crippen molar-refractivity contribution in [1.82, 2.24) is 9.78 Å². The van der Waals surface area contributed by atoms with Crippen molar-refractivity contribution >= 4 is 34.7 Å². The van der Waals surface area contributed by atoms with Gasteiger partial charge in [-0.05, 0) is 45.1 Å². The monoisotopic (exact) mass is 385 g/mol. The van der Waals surface area contributed by atoms with Gasteiger partial charge in [0.15, 0.2) is 0 Å². The van der Waals surface area contributed by atoms with Gasteiger partial charge in [0, 0.05) is 10.6 Å². The molecule has 1 atom stereocenters. The largest absolute Gasteiger partial charge is 0.368 e. The highest BCUT2D eigenvalue weighted by atomic mass is 35.5. The summed E-state index contributed by atoms with van der Waals surface area (Å²) in [5, 5.41) is 8.68. The predicted molar refractivity (Wildman–Crippen MR) is 112 cm³/mol. The molecule has 0 bridgehead atoms. The zero-order valence-electron chi connectivity index (χ0n) is 14.9. The van der Waals surface area contributed by atoms with Gasteiger partial charge in [0.2, 0.25) is 0 Å². The molecular formula is C20H20ClN3OS. The molecule has 0 saturated carbocycles. The molecule has 0 fully saturated rings. The SMILES string of the molecule is C=C/C(=C\C=C(C)C)n1nc(-c2ccc(Cl)cc2)c2c(c1=O)NC(C)S2. The molecule has 0 amide bonds. The van der Waals surface area contributed by atoms with Gasteiger partial charge in [-0.3, -0.25) is 4.79 Å². The summed E-state index contributed by atoms with van der Waals surface area (Å²) < 4.78 is 1.40. The molecule has 1 aromatic carbocycles. The van der Waals surface area contributed by atoms with E-state index in [9.17, 15) is 4.79 Å². The van der Waals surface area contributed by atoms with Crippen molar-refractivity contribution in [3.8, 4) is 11.3 Å². The van der Waals surface area contributed by atoms with Crippen LogP contribution in [0.4, 0.5) is 5.69 Å². The fraction of sp³-hybridized carbons (Fsp3) is 0.200. The van der Waals surface area contributed by atoms with Crippen molar-refractivity contribution in [1.29, 1.82) is 0 Å². The Morgan fingerprint density at radius 2 is 2.00 bits per heavy atom. The first-order valence-electron chi connectivity index (χ1n) is 8.25. The normalized spacial score (nSPS) is 16.0. The van der Waals surface area contributed by atoms with E-state index < -0.39 is 0 Å². The Balaban J connectivity index is 2.26. The van der Waals surface area contributed by atoms with Crippen molar-refractivity contribution in [2.45, 2.75) is 31.0 Å². The van der Waals surface area contributed by atoms with Crippen LogP contribution in [0.5, 0.6) is 0 Å². The molecule has 134 valence electrons. The average molecular weight is 386 g/mol. The lowest BCUT2D eigenvalue weighted by Crippen LogP contribution is -2.25. The number of hydrogen-bond acceptors (Lipinski definition) is 4. The topological polar surface area (TPSA) is 46.9 Å². The van der Waals surface area contributed by atoms with E-state index in [0.717, 1.165) is 21.7 Å². The van der Waals surface area contributed by atoms with Crippen LogP contribution in [0.2, 0.25) is 5.02 Å². The summed E-state index contributed by atoms with van der Waals surface area (Å²) in [4.78, 5) is 13.9. The molecule has 1 N–H and O–H groups in total. The lowest BCUT2D eigenvalue weighted by atomic mass is 10.1. The number of anilines is 1. The standard InChI is InChI=1S/C20H20ClN3OS/c1-5-16(11-6-12(2)3)24-20(25)18-19(26-13(4)22-18)17(23-24)14-7-9-15(21)10-8-14/h5-11,13,22H,1H2,2-4H3/b16-11+. The molecule has 1 unspecified atom stereocenters. The van der Waals surface area contributed by atoms with Crippen LogP contribution in [0.25, 0.3) is 17.0 Å². The lowest BCUT2D eigenvalue weighted by Gasteiger charge is -2.12. The van der Waals surface area contributed by atoms with Gasteiger partial charge in [-0.2, -0.15) is 9.78 Å². The smallest absolute Gasteiger partial charge is 0.296 e. The van der Waals surface area contributed by atoms with Crippen LogP contribution in [0, 0.1) is 0 Å². The van der Waals surface area contributed by atoms with Crippen LogP contribution in [-0.2, 0) is 0 Å². The van der Waals surface area contributed by atoms with Gasteiger partial charge in [0.25, 0.3) is 5.56 Å². The number of benzene rings is 1. The number of halogens is 1. The van der Waals surface area contributed by atoms with E-state index in [4.69, 9.17) is 11.6 Å². The maximum atomic E-state index is 13.0. The summed E-state index contributed by atoms with van der Waals surface area (Å²) >= 11 is 7.62. The highest BCUT2D eigenvalue weighted by Gasteiger charge is 2.27. The number of nitrogens with one attached hydrogen (secondary N) is 1. The third kappa shape index (κ3) is 3.64. The van der Waals surface area contributed by atoms with Crippen molar-refractivity contribution in [2.75, 3.05) is 5.32 Å². The van der Waals surface area contributed by atoms with Crippen molar-refractivity contribution < 1.29 is 0 Å². The Kier molecular flexibility index (Phi) is 5.39. The van der Waals surface area contributed by atoms with Gasteiger partial charge in [-0.25, -0.2) is 0 Å². The molecule has 2 heterocycles.